The molecule has 0 bridgehead atoms. The number of hydrogen-bond donors (Lipinski definition) is 2. The summed E-state index contributed by atoms with van der Waals surface area (Å²) in [6, 6.07) is 19.7. The fourth-order valence-electron chi connectivity index (χ4n) is 4.00. The minimum Gasteiger partial charge on any atom is -0.491 e. The number of carbonyl (C=O) groups is 1. The number of ether oxygens (including phenoxy) is 6. The number of hydrogen-bond acceptors (Lipinski definition) is 9. The molecule has 4 N–H and O–H groups in total. The van der Waals surface area contributed by atoms with Gasteiger partial charge >= 0.3 is 5.97 Å². The molecule has 9 nitrogen and oxygen atoms in total. The molecular weight excluding hydrogens is 500 g/mol. The van der Waals surface area contributed by atoms with Crippen molar-refractivity contribution in [2.45, 2.75) is 12.5 Å². The van der Waals surface area contributed by atoms with Crippen LogP contribution in [-0.4, -0.2) is 79.1 Å². The predicted molar refractivity (Wildman–Crippen MR) is 151 cm³/mol. The molecule has 0 fully saturated rings. The summed E-state index contributed by atoms with van der Waals surface area (Å²) in [5.74, 6) is 0.479. The molecule has 3 aromatic rings. The van der Waals surface area contributed by atoms with Gasteiger partial charge in [-0.05, 0) is 28.1 Å². The van der Waals surface area contributed by atoms with E-state index in [0.29, 0.717) is 66.0 Å². The van der Waals surface area contributed by atoms with E-state index in [9.17, 15) is 4.79 Å². The van der Waals surface area contributed by atoms with Crippen LogP contribution in [0.25, 0.3) is 21.9 Å². The lowest BCUT2D eigenvalue weighted by Gasteiger charge is -2.14. The van der Waals surface area contributed by atoms with Crippen molar-refractivity contribution in [2.24, 2.45) is 11.5 Å². The van der Waals surface area contributed by atoms with E-state index in [4.69, 9.17) is 39.9 Å². The monoisotopic (exact) mass is 540 g/mol. The molecule has 0 amide bonds. The number of fused-ring (bicyclic) bond motifs is 1. The fraction of sp³-hybridized carbons (Fsp3) is 0.433. The predicted octanol–water partition coefficient (Wildman–Crippen LogP) is 3.47. The highest BCUT2D eigenvalue weighted by Crippen LogP contribution is 2.35. The molecule has 1 atom stereocenters. The molecule has 39 heavy (non-hydrogen) atoms. The summed E-state index contributed by atoms with van der Waals surface area (Å²) in [6.07, 6.45) is 0.142. The summed E-state index contributed by atoms with van der Waals surface area (Å²) in [5.41, 5.74) is 14.5. The first-order chi connectivity index (χ1) is 19.1. The van der Waals surface area contributed by atoms with Crippen LogP contribution in [0.5, 0.6) is 5.75 Å². The highest BCUT2D eigenvalue weighted by molar-refractivity contribution is 6.00. The Balaban J connectivity index is 1.43. The SMILES string of the molecule is COC(=O)CC(N)c1ccc(-c2ccc(OCCOCCOCCOCCOCCN)c3ccccc23)cc1. The molecule has 212 valence electrons. The van der Waals surface area contributed by atoms with E-state index < -0.39 is 6.04 Å². The van der Waals surface area contributed by atoms with Gasteiger partial charge in [0.25, 0.3) is 0 Å². The largest absolute Gasteiger partial charge is 0.491 e. The number of rotatable bonds is 19. The maximum Gasteiger partial charge on any atom is 0.307 e. The molecule has 3 aromatic carbocycles. The topological polar surface area (TPSA) is 124 Å². The van der Waals surface area contributed by atoms with Crippen LogP contribution in [0.15, 0.2) is 60.7 Å². The molecule has 0 saturated carbocycles. The van der Waals surface area contributed by atoms with Crippen LogP contribution in [0.4, 0.5) is 0 Å². The lowest BCUT2D eigenvalue weighted by molar-refractivity contribution is -0.141. The van der Waals surface area contributed by atoms with E-state index in [1.807, 2.05) is 42.5 Å². The first-order valence-electron chi connectivity index (χ1n) is 13.2. The third-order valence-electron chi connectivity index (χ3n) is 6.01. The zero-order valence-electron chi connectivity index (χ0n) is 22.6. The quantitative estimate of drug-likeness (QED) is 0.174. The zero-order chi connectivity index (χ0) is 27.7. The lowest BCUT2D eigenvalue weighted by atomic mass is 9.95. The van der Waals surface area contributed by atoms with Crippen molar-refractivity contribution >= 4 is 16.7 Å². The van der Waals surface area contributed by atoms with Crippen LogP contribution >= 0.6 is 0 Å². The van der Waals surface area contributed by atoms with Crippen molar-refractivity contribution < 1.29 is 33.2 Å². The first-order valence-corrected chi connectivity index (χ1v) is 13.2. The number of benzene rings is 3. The molecule has 0 radical (unpaired) electrons. The minimum absolute atomic E-state index is 0.142. The van der Waals surface area contributed by atoms with Gasteiger partial charge < -0.3 is 39.9 Å². The summed E-state index contributed by atoms with van der Waals surface area (Å²) in [5, 5.41) is 2.11. The van der Waals surface area contributed by atoms with Gasteiger partial charge in [0, 0.05) is 18.0 Å². The number of methoxy groups -OCH3 is 1. The maximum atomic E-state index is 11.5. The Bertz CT molecular complexity index is 1120. The van der Waals surface area contributed by atoms with E-state index in [0.717, 1.165) is 33.2 Å². The van der Waals surface area contributed by atoms with E-state index in [2.05, 4.69) is 18.2 Å². The molecule has 0 aliphatic carbocycles. The molecule has 0 aliphatic heterocycles. The summed E-state index contributed by atoms with van der Waals surface area (Å²) in [7, 11) is 1.36. The molecule has 0 aliphatic rings. The third kappa shape index (κ3) is 10.2. The summed E-state index contributed by atoms with van der Waals surface area (Å²) in [6.45, 7) is 5.05. The van der Waals surface area contributed by atoms with Crippen molar-refractivity contribution in [3.8, 4) is 16.9 Å². The van der Waals surface area contributed by atoms with Crippen LogP contribution < -0.4 is 16.2 Å². The summed E-state index contributed by atoms with van der Waals surface area (Å²) in [4.78, 5) is 11.5. The fourth-order valence-corrected chi connectivity index (χ4v) is 4.00. The van der Waals surface area contributed by atoms with Gasteiger partial charge in [-0.15, -0.1) is 0 Å². The van der Waals surface area contributed by atoms with Crippen molar-refractivity contribution in [3.05, 3.63) is 66.2 Å². The standard InChI is InChI=1S/C30H40N2O7/c1-34-30(33)22-28(32)24-8-6-23(7-9-24)25-10-11-29(27-5-3-2-4-26(25)27)39-21-20-38-19-18-37-17-16-36-15-14-35-13-12-31/h2-11,28H,12-22,31-32H2,1H3. The Morgan fingerprint density at radius 2 is 1.28 bits per heavy atom. The smallest absolute Gasteiger partial charge is 0.307 e. The maximum absolute atomic E-state index is 11.5. The normalized spacial score (nSPS) is 12.0. The van der Waals surface area contributed by atoms with Crippen LogP contribution in [-0.2, 0) is 28.5 Å². The molecule has 9 heteroatoms. The van der Waals surface area contributed by atoms with Gasteiger partial charge in [-0.2, -0.15) is 0 Å². The number of esters is 1. The van der Waals surface area contributed by atoms with E-state index in [1.54, 1.807) is 0 Å². The van der Waals surface area contributed by atoms with Crippen molar-refractivity contribution in [1.82, 2.24) is 0 Å². The minimum atomic E-state index is -0.404. The van der Waals surface area contributed by atoms with Gasteiger partial charge in [-0.25, -0.2) is 0 Å². The molecule has 0 saturated heterocycles. The van der Waals surface area contributed by atoms with Crippen molar-refractivity contribution in [2.75, 3.05) is 73.1 Å². The highest BCUT2D eigenvalue weighted by Gasteiger charge is 2.13. The van der Waals surface area contributed by atoms with E-state index >= 15 is 0 Å². The highest BCUT2D eigenvalue weighted by atomic mass is 16.6. The average molecular weight is 541 g/mol. The molecular formula is C30H40N2O7. The molecule has 0 aromatic heterocycles. The number of carbonyl (C=O) groups excluding carboxylic acids is 1. The second-order valence-corrected chi connectivity index (χ2v) is 8.75. The summed E-state index contributed by atoms with van der Waals surface area (Å²) < 4.78 is 32.5. The van der Waals surface area contributed by atoms with Crippen LogP contribution in [0.1, 0.15) is 18.0 Å². The van der Waals surface area contributed by atoms with Gasteiger partial charge in [-0.1, -0.05) is 54.6 Å². The van der Waals surface area contributed by atoms with Gasteiger partial charge in [0.1, 0.15) is 12.4 Å². The zero-order valence-corrected chi connectivity index (χ0v) is 22.6. The number of nitrogens with two attached hydrogens (primary N) is 2. The molecule has 1 unspecified atom stereocenters. The second-order valence-electron chi connectivity index (χ2n) is 8.75. The Morgan fingerprint density at radius 3 is 1.87 bits per heavy atom. The van der Waals surface area contributed by atoms with Gasteiger partial charge in [0.05, 0.1) is 66.4 Å². The van der Waals surface area contributed by atoms with Crippen LogP contribution in [0, 0.1) is 0 Å². The lowest BCUT2D eigenvalue weighted by Crippen LogP contribution is -2.16. The third-order valence-corrected chi connectivity index (χ3v) is 6.01. The van der Waals surface area contributed by atoms with Crippen molar-refractivity contribution in [1.29, 1.82) is 0 Å². The Labute approximate surface area is 230 Å². The van der Waals surface area contributed by atoms with Crippen molar-refractivity contribution in [3.63, 3.8) is 0 Å². The summed E-state index contributed by atoms with van der Waals surface area (Å²) >= 11 is 0. The molecule has 0 heterocycles. The van der Waals surface area contributed by atoms with Gasteiger partial charge in [-0.3, -0.25) is 4.79 Å². The van der Waals surface area contributed by atoms with E-state index in [-0.39, 0.29) is 12.4 Å². The Kier molecular flexibility index (Phi) is 13.7. The molecule has 0 spiro atoms. The van der Waals surface area contributed by atoms with Gasteiger partial charge in [0.15, 0.2) is 0 Å². The van der Waals surface area contributed by atoms with Crippen LogP contribution in [0.2, 0.25) is 0 Å². The Morgan fingerprint density at radius 1 is 0.718 bits per heavy atom. The van der Waals surface area contributed by atoms with E-state index in [1.165, 1.54) is 7.11 Å². The Hall–Kier alpha value is -3.05. The first kappa shape index (κ1) is 30.5. The molecule has 3 rings (SSSR count). The second kappa shape index (κ2) is 17.5. The van der Waals surface area contributed by atoms with Crippen LogP contribution in [0.3, 0.4) is 0 Å². The average Bonchev–Trinajstić information content (AvgIpc) is 2.97. The van der Waals surface area contributed by atoms with Gasteiger partial charge in [0.2, 0.25) is 0 Å².